The number of carbonyl (C=O) groups excluding carboxylic acids is 1. The number of rotatable bonds is 5. The number of benzene rings is 2. The van der Waals surface area contributed by atoms with Crippen molar-refractivity contribution in [2.75, 3.05) is 6.61 Å². The van der Waals surface area contributed by atoms with Crippen LogP contribution in [0.1, 0.15) is 31.0 Å². The quantitative estimate of drug-likeness (QED) is 0.280. The fourth-order valence-corrected chi connectivity index (χ4v) is 2.25. The molecule has 22 heavy (non-hydrogen) atoms. The van der Waals surface area contributed by atoms with E-state index in [4.69, 9.17) is 4.74 Å². The zero-order valence-corrected chi connectivity index (χ0v) is 12.7. The van der Waals surface area contributed by atoms with Crippen LogP contribution in [0.4, 0.5) is 0 Å². The van der Waals surface area contributed by atoms with Gasteiger partial charge in [0.05, 0.1) is 6.61 Å². The van der Waals surface area contributed by atoms with Crippen molar-refractivity contribution >= 4 is 11.7 Å². The van der Waals surface area contributed by atoms with Crippen molar-refractivity contribution in [1.82, 2.24) is 0 Å². The summed E-state index contributed by atoms with van der Waals surface area (Å²) in [7, 11) is 0. The summed E-state index contributed by atoms with van der Waals surface area (Å²) in [6.45, 7) is 3.45. The van der Waals surface area contributed by atoms with E-state index in [0.29, 0.717) is 0 Å². The lowest BCUT2D eigenvalue weighted by Crippen LogP contribution is -2.27. The molecule has 4 nitrogen and oxygen atoms in total. The summed E-state index contributed by atoms with van der Waals surface area (Å²) in [5, 5.41) is 12.7. The molecule has 0 bridgehead atoms. The van der Waals surface area contributed by atoms with Crippen LogP contribution in [-0.4, -0.2) is 23.0 Å². The van der Waals surface area contributed by atoms with Crippen molar-refractivity contribution in [3.63, 3.8) is 0 Å². The highest BCUT2D eigenvalue weighted by atomic mass is 16.5. The number of esters is 1. The fourth-order valence-electron chi connectivity index (χ4n) is 2.25. The van der Waals surface area contributed by atoms with E-state index in [-0.39, 0.29) is 12.3 Å². The highest BCUT2D eigenvalue weighted by Crippen LogP contribution is 2.25. The predicted molar refractivity (Wildman–Crippen MR) is 85.7 cm³/mol. The number of nitrogens with zero attached hydrogens (tertiary/aromatic N) is 1. The number of ether oxygens (including phenoxy) is 1. The fraction of sp³-hybridized carbons (Fsp3) is 0.222. The lowest BCUT2D eigenvalue weighted by molar-refractivity contribution is -0.495. The van der Waals surface area contributed by atoms with Crippen LogP contribution in [0, 0.1) is 5.21 Å². The van der Waals surface area contributed by atoms with Gasteiger partial charge in [0.1, 0.15) is 0 Å². The normalized spacial score (nSPS) is 12.0. The standard InChI is InChI=1S/C18H19NO3/c1-3-22-18(20)14(2)19(21)17(15-10-6-4-7-11-15)16-12-8-5-9-13-16/h4-13,17H,3H2,1-2H3/b19-14-. The smallest absolute Gasteiger partial charge is 0.399 e. The number of hydrogen-bond donors (Lipinski definition) is 0. The molecule has 0 aliphatic carbocycles. The summed E-state index contributed by atoms with van der Waals surface area (Å²) >= 11 is 0. The molecule has 0 saturated heterocycles. The molecule has 2 rings (SSSR count). The maximum Gasteiger partial charge on any atom is 0.399 e. The lowest BCUT2D eigenvalue weighted by atomic mass is 9.99. The number of hydrogen-bond acceptors (Lipinski definition) is 3. The van der Waals surface area contributed by atoms with Crippen LogP contribution >= 0.6 is 0 Å². The first-order chi connectivity index (χ1) is 10.6. The van der Waals surface area contributed by atoms with Crippen LogP contribution in [0.5, 0.6) is 0 Å². The maximum absolute atomic E-state index is 12.7. The van der Waals surface area contributed by atoms with E-state index >= 15 is 0 Å². The van der Waals surface area contributed by atoms with Crippen LogP contribution in [0.25, 0.3) is 0 Å². The summed E-state index contributed by atoms with van der Waals surface area (Å²) < 4.78 is 5.65. The Morgan fingerprint density at radius 1 is 1.05 bits per heavy atom. The molecule has 0 aromatic heterocycles. The van der Waals surface area contributed by atoms with Gasteiger partial charge in [-0.05, 0) is 6.92 Å². The summed E-state index contributed by atoms with van der Waals surface area (Å²) in [4.78, 5) is 11.9. The summed E-state index contributed by atoms with van der Waals surface area (Å²) in [6.07, 6.45) is 0. The molecule has 0 amide bonds. The van der Waals surface area contributed by atoms with Gasteiger partial charge in [0.15, 0.2) is 0 Å². The van der Waals surface area contributed by atoms with Crippen LogP contribution in [0.2, 0.25) is 0 Å². The summed E-state index contributed by atoms with van der Waals surface area (Å²) in [5.41, 5.74) is 1.69. The van der Waals surface area contributed by atoms with E-state index < -0.39 is 12.0 Å². The Balaban J connectivity index is 2.50. The Bertz CT molecular complexity index is 611. The third-order valence-electron chi connectivity index (χ3n) is 3.37. The van der Waals surface area contributed by atoms with Crippen molar-refractivity contribution in [2.45, 2.75) is 19.9 Å². The first-order valence-corrected chi connectivity index (χ1v) is 7.22. The summed E-state index contributed by atoms with van der Waals surface area (Å²) in [5.74, 6) is -0.589. The van der Waals surface area contributed by atoms with Crippen molar-refractivity contribution in [3.05, 3.63) is 77.0 Å². The van der Waals surface area contributed by atoms with Crippen molar-refractivity contribution in [2.24, 2.45) is 0 Å². The average Bonchev–Trinajstić information content (AvgIpc) is 2.56. The topological polar surface area (TPSA) is 52.4 Å². The van der Waals surface area contributed by atoms with E-state index in [2.05, 4.69) is 0 Å². The molecule has 4 heteroatoms. The van der Waals surface area contributed by atoms with Crippen LogP contribution in [0.3, 0.4) is 0 Å². The molecule has 0 aliphatic heterocycles. The van der Waals surface area contributed by atoms with Crippen molar-refractivity contribution < 1.29 is 14.3 Å². The Morgan fingerprint density at radius 3 is 1.91 bits per heavy atom. The van der Waals surface area contributed by atoms with Gasteiger partial charge in [-0.3, -0.25) is 0 Å². The molecule has 0 unspecified atom stereocenters. The van der Waals surface area contributed by atoms with Crippen molar-refractivity contribution in [1.29, 1.82) is 0 Å². The first kappa shape index (κ1) is 15.8. The Hall–Kier alpha value is -2.62. The molecule has 0 saturated carbocycles. The molecule has 2 aromatic rings. The van der Waals surface area contributed by atoms with Gasteiger partial charge in [0.2, 0.25) is 6.04 Å². The highest BCUT2D eigenvalue weighted by molar-refractivity contribution is 6.33. The van der Waals surface area contributed by atoms with Gasteiger partial charge in [-0.2, -0.15) is 4.74 Å². The lowest BCUT2D eigenvalue weighted by Gasteiger charge is -2.19. The molecule has 0 aliphatic rings. The Morgan fingerprint density at radius 2 is 1.50 bits per heavy atom. The van der Waals surface area contributed by atoms with E-state index in [0.717, 1.165) is 15.9 Å². The molecule has 0 spiro atoms. The second-order valence-corrected chi connectivity index (χ2v) is 4.86. The minimum Gasteiger partial charge on any atom is -0.623 e. The van der Waals surface area contributed by atoms with Gasteiger partial charge in [-0.1, -0.05) is 60.7 Å². The van der Waals surface area contributed by atoms with Gasteiger partial charge in [-0.15, -0.1) is 0 Å². The minimum atomic E-state index is -0.589. The monoisotopic (exact) mass is 297 g/mol. The molecule has 0 atom stereocenters. The average molecular weight is 297 g/mol. The van der Waals surface area contributed by atoms with Crippen LogP contribution in [0.15, 0.2) is 60.7 Å². The molecular formula is C18H19NO3. The minimum absolute atomic E-state index is 0.0413. The Labute approximate surface area is 130 Å². The number of carbonyl (C=O) groups is 1. The molecule has 114 valence electrons. The Kier molecular flexibility index (Phi) is 5.31. The van der Waals surface area contributed by atoms with Crippen molar-refractivity contribution in [3.8, 4) is 0 Å². The second-order valence-electron chi connectivity index (χ2n) is 4.86. The van der Waals surface area contributed by atoms with Gasteiger partial charge in [-0.25, -0.2) is 4.79 Å². The van der Waals surface area contributed by atoms with E-state index in [1.807, 2.05) is 60.7 Å². The third kappa shape index (κ3) is 3.52. The largest absolute Gasteiger partial charge is 0.623 e. The summed E-state index contributed by atoms with van der Waals surface area (Å²) in [6, 6.07) is 18.2. The molecule has 0 N–H and O–H groups in total. The SMILES string of the molecule is CCOC(=O)/C(C)=[N+](\[O-])C(c1ccccc1)c1ccccc1. The molecule has 0 radical (unpaired) electrons. The maximum atomic E-state index is 12.7. The predicted octanol–water partition coefficient (Wildman–Crippen LogP) is 3.31. The highest BCUT2D eigenvalue weighted by Gasteiger charge is 2.26. The molecular weight excluding hydrogens is 278 g/mol. The van der Waals surface area contributed by atoms with Gasteiger partial charge in [0.25, 0.3) is 5.71 Å². The number of hydroxylamine groups is 1. The molecule has 2 aromatic carbocycles. The van der Waals surface area contributed by atoms with E-state index in [1.165, 1.54) is 6.92 Å². The molecule has 0 heterocycles. The zero-order chi connectivity index (χ0) is 15.9. The van der Waals surface area contributed by atoms with Crippen LogP contribution < -0.4 is 0 Å². The van der Waals surface area contributed by atoms with Gasteiger partial charge in [0, 0.05) is 18.1 Å². The van der Waals surface area contributed by atoms with E-state index in [9.17, 15) is 10.0 Å². The zero-order valence-electron chi connectivity index (χ0n) is 12.7. The third-order valence-corrected chi connectivity index (χ3v) is 3.37. The second kappa shape index (κ2) is 7.41. The van der Waals surface area contributed by atoms with E-state index in [1.54, 1.807) is 6.92 Å². The van der Waals surface area contributed by atoms with Gasteiger partial charge < -0.3 is 9.94 Å². The van der Waals surface area contributed by atoms with Gasteiger partial charge >= 0.3 is 5.97 Å². The first-order valence-electron chi connectivity index (χ1n) is 7.22. The van der Waals surface area contributed by atoms with Crippen LogP contribution in [-0.2, 0) is 9.53 Å². The molecule has 0 fully saturated rings.